The minimum Gasteiger partial charge on any atom is -0.487 e. The number of nitrogens with zero attached hydrogens (tertiary/aromatic N) is 2. The zero-order chi connectivity index (χ0) is 13.9. The van der Waals surface area contributed by atoms with Crippen LogP contribution in [0.4, 0.5) is 0 Å². The fourth-order valence-electron chi connectivity index (χ4n) is 2.47. The van der Waals surface area contributed by atoms with Crippen LogP contribution in [0.2, 0.25) is 0 Å². The van der Waals surface area contributed by atoms with Crippen molar-refractivity contribution in [1.29, 1.82) is 5.26 Å². The van der Waals surface area contributed by atoms with Crippen LogP contribution in [-0.4, -0.2) is 41.0 Å². The number of thioether (sulfide) groups is 1. The number of likely N-dealkylation sites (tertiary alicyclic amines) is 1. The molecule has 2 saturated heterocycles. The van der Waals surface area contributed by atoms with Gasteiger partial charge in [0.05, 0.1) is 30.0 Å². The summed E-state index contributed by atoms with van der Waals surface area (Å²) in [4.78, 5) is 14.0. The molecule has 1 unspecified atom stereocenters. The van der Waals surface area contributed by atoms with Crippen molar-refractivity contribution in [3.8, 4) is 11.8 Å². The Morgan fingerprint density at radius 2 is 2.10 bits per heavy atom. The standard InChI is InChI=1S/C15H16N2O2S/c16-8-11-3-5-12(6-4-11)19-13-9-17(10-13)15(18)14-2-1-7-20-14/h3-6,13-14H,1-2,7,9-10H2. The second kappa shape index (κ2) is 5.76. The minimum absolute atomic E-state index is 0.0817. The number of carbonyl (C=O) groups is 1. The van der Waals surface area contributed by atoms with Gasteiger partial charge in [-0.05, 0) is 42.9 Å². The summed E-state index contributed by atoms with van der Waals surface area (Å²) in [5.74, 6) is 2.14. The van der Waals surface area contributed by atoms with Gasteiger partial charge in [-0.25, -0.2) is 0 Å². The lowest BCUT2D eigenvalue weighted by atomic mass is 10.1. The van der Waals surface area contributed by atoms with E-state index in [1.54, 1.807) is 36.0 Å². The molecule has 20 heavy (non-hydrogen) atoms. The third kappa shape index (κ3) is 2.75. The maximum Gasteiger partial charge on any atom is 0.235 e. The summed E-state index contributed by atoms with van der Waals surface area (Å²) in [6.07, 6.45) is 2.25. The molecule has 2 fully saturated rings. The van der Waals surface area contributed by atoms with Crippen molar-refractivity contribution in [1.82, 2.24) is 4.90 Å². The van der Waals surface area contributed by atoms with Gasteiger partial charge >= 0.3 is 0 Å². The summed E-state index contributed by atoms with van der Waals surface area (Å²) >= 11 is 1.77. The van der Waals surface area contributed by atoms with Crippen molar-refractivity contribution in [2.24, 2.45) is 0 Å². The molecule has 0 bridgehead atoms. The number of carbonyl (C=O) groups excluding carboxylic acids is 1. The fraction of sp³-hybridized carbons (Fsp3) is 0.467. The Morgan fingerprint density at radius 1 is 1.35 bits per heavy atom. The first-order chi connectivity index (χ1) is 9.76. The van der Waals surface area contributed by atoms with Crippen LogP contribution in [0.25, 0.3) is 0 Å². The number of rotatable bonds is 3. The lowest BCUT2D eigenvalue weighted by molar-refractivity contribution is -0.139. The van der Waals surface area contributed by atoms with Crippen molar-refractivity contribution >= 4 is 17.7 Å². The van der Waals surface area contributed by atoms with Gasteiger partial charge in [0.25, 0.3) is 0 Å². The molecule has 5 heteroatoms. The first kappa shape index (κ1) is 13.3. The van der Waals surface area contributed by atoms with E-state index in [1.165, 1.54) is 0 Å². The number of ether oxygens (including phenoxy) is 1. The van der Waals surface area contributed by atoms with E-state index in [4.69, 9.17) is 10.00 Å². The summed E-state index contributed by atoms with van der Waals surface area (Å²) in [7, 11) is 0. The Labute approximate surface area is 122 Å². The second-order valence-electron chi connectivity index (χ2n) is 5.12. The van der Waals surface area contributed by atoms with Gasteiger partial charge < -0.3 is 9.64 Å². The summed E-state index contributed by atoms with van der Waals surface area (Å²) in [5, 5.41) is 8.90. The van der Waals surface area contributed by atoms with E-state index in [9.17, 15) is 4.79 Å². The van der Waals surface area contributed by atoms with Crippen molar-refractivity contribution in [3.05, 3.63) is 29.8 Å². The van der Waals surface area contributed by atoms with Crippen LogP contribution < -0.4 is 4.74 Å². The molecule has 2 aliphatic heterocycles. The molecule has 1 amide bonds. The molecule has 0 radical (unpaired) electrons. The zero-order valence-electron chi connectivity index (χ0n) is 11.1. The van der Waals surface area contributed by atoms with E-state index in [2.05, 4.69) is 6.07 Å². The average Bonchev–Trinajstić information content (AvgIpc) is 2.96. The van der Waals surface area contributed by atoms with Crippen LogP contribution in [0.1, 0.15) is 18.4 Å². The first-order valence-electron chi connectivity index (χ1n) is 6.83. The molecule has 0 aliphatic carbocycles. The van der Waals surface area contributed by atoms with Crippen molar-refractivity contribution in [3.63, 3.8) is 0 Å². The summed E-state index contributed by atoms with van der Waals surface area (Å²) < 4.78 is 5.78. The topological polar surface area (TPSA) is 53.3 Å². The highest BCUT2D eigenvalue weighted by Crippen LogP contribution is 2.29. The van der Waals surface area contributed by atoms with E-state index < -0.39 is 0 Å². The third-order valence-electron chi connectivity index (χ3n) is 3.65. The van der Waals surface area contributed by atoms with E-state index >= 15 is 0 Å². The molecule has 3 rings (SSSR count). The lowest BCUT2D eigenvalue weighted by Gasteiger charge is -2.40. The molecule has 0 saturated carbocycles. The van der Waals surface area contributed by atoms with Crippen LogP contribution in [0.5, 0.6) is 5.75 Å². The molecule has 1 aromatic carbocycles. The van der Waals surface area contributed by atoms with Crippen LogP contribution in [0, 0.1) is 11.3 Å². The van der Waals surface area contributed by atoms with Crippen LogP contribution >= 0.6 is 11.8 Å². The average molecular weight is 288 g/mol. The lowest BCUT2D eigenvalue weighted by Crippen LogP contribution is -2.58. The molecule has 2 heterocycles. The molecule has 1 atom stereocenters. The highest BCUT2D eigenvalue weighted by atomic mass is 32.2. The van der Waals surface area contributed by atoms with Gasteiger partial charge in [-0.3, -0.25) is 4.79 Å². The summed E-state index contributed by atoms with van der Waals surface area (Å²) in [6.45, 7) is 1.35. The van der Waals surface area contributed by atoms with E-state index in [0.717, 1.165) is 24.3 Å². The van der Waals surface area contributed by atoms with Crippen molar-refractivity contribution < 1.29 is 9.53 Å². The molecule has 2 aliphatic rings. The Morgan fingerprint density at radius 3 is 2.70 bits per heavy atom. The maximum absolute atomic E-state index is 12.1. The molecule has 0 aromatic heterocycles. The van der Waals surface area contributed by atoms with E-state index in [-0.39, 0.29) is 17.3 Å². The normalized spacial score (nSPS) is 22.1. The summed E-state index contributed by atoms with van der Waals surface area (Å²) in [6, 6.07) is 9.17. The molecular weight excluding hydrogens is 272 g/mol. The van der Waals surface area contributed by atoms with Gasteiger partial charge in [-0.2, -0.15) is 5.26 Å². The number of hydrogen-bond donors (Lipinski definition) is 0. The van der Waals surface area contributed by atoms with Crippen LogP contribution in [0.15, 0.2) is 24.3 Å². The molecule has 1 aromatic rings. The Balaban J connectivity index is 1.48. The first-order valence-corrected chi connectivity index (χ1v) is 7.88. The summed E-state index contributed by atoms with van der Waals surface area (Å²) in [5.41, 5.74) is 0.626. The highest BCUT2D eigenvalue weighted by molar-refractivity contribution is 8.00. The van der Waals surface area contributed by atoms with Crippen LogP contribution in [-0.2, 0) is 4.79 Å². The van der Waals surface area contributed by atoms with E-state index in [1.807, 2.05) is 4.90 Å². The largest absolute Gasteiger partial charge is 0.487 e. The highest BCUT2D eigenvalue weighted by Gasteiger charge is 2.36. The van der Waals surface area contributed by atoms with Gasteiger partial charge in [0, 0.05) is 0 Å². The number of hydrogen-bond acceptors (Lipinski definition) is 4. The predicted molar refractivity (Wildman–Crippen MR) is 77.6 cm³/mol. The number of benzene rings is 1. The fourth-order valence-corrected chi connectivity index (χ4v) is 3.71. The van der Waals surface area contributed by atoms with Gasteiger partial charge in [0.2, 0.25) is 5.91 Å². The quantitative estimate of drug-likeness (QED) is 0.854. The third-order valence-corrected chi connectivity index (χ3v) is 5.02. The van der Waals surface area contributed by atoms with Gasteiger partial charge in [0.1, 0.15) is 11.9 Å². The van der Waals surface area contributed by atoms with Crippen molar-refractivity contribution in [2.45, 2.75) is 24.2 Å². The second-order valence-corrected chi connectivity index (χ2v) is 6.43. The van der Waals surface area contributed by atoms with Gasteiger partial charge in [-0.1, -0.05) is 0 Å². The van der Waals surface area contributed by atoms with E-state index in [0.29, 0.717) is 18.7 Å². The Bertz CT molecular complexity index is 526. The monoisotopic (exact) mass is 288 g/mol. The van der Waals surface area contributed by atoms with Crippen LogP contribution in [0.3, 0.4) is 0 Å². The predicted octanol–water partition coefficient (Wildman–Crippen LogP) is 2.04. The van der Waals surface area contributed by atoms with Gasteiger partial charge in [-0.15, -0.1) is 11.8 Å². The van der Waals surface area contributed by atoms with Gasteiger partial charge in [0.15, 0.2) is 0 Å². The molecule has 104 valence electrons. The Kier molecular flexibility index (Phi) is 3.83. The molecular formula is C15H16N2O2S. The minimum atomic E-state index is 0.0817. The number of amides is 1. The molecule has 4 nitrogen and oxygen atoms in total. The maximum atomic E-state index is 12.1. The zero-order valence-corrected chi connectivity index (χ0v) is 11.9. The number of nitriles is 1. The SMILES string of the molecule is N#Cc1ccc(OC2CN(C(=O)C3CCCS3)C2)cc1. The molecule has 0 N–H and O–H groups in total. The van der Waals surface area contributed by atoms with Crippen molar-refractivity contribution in [2.75, 3.05) is 18.8 Å². The smallest absolute Gasteiger partial charge is 0.235 e. The molecule has 0 spiro atoms. The Hall–Kier alpha value is -1.67.